The number of hydrogen-bond donors (Lipinski definition) is 1. The fraction of sp³-hybridized carbons (Fsp3) is 0.120. The Bertz CT molecular complexity index is 1400. The van der Waals surface area contributed by atoms with Crippen molar-refractivity contribution >= 4 is 35.2 Å². The largest absolute Gasteiger partial charge is 0.465 e. The molecule has 0 saturated carbocycles. The molecule has 3 aromatic rings. The van der Waals surface area contributed by atoms with Crippen molar-refractivity contribution in [2.24, 2.45) is 0 Å². The van der Waals surface area contributed by atoms with Gasteiger partial charge in [-0.2, -0.15) is 0 Å². The van der Waals surface area contributed by atoms with Gasteiger partial charge in [0.25, 0.3) is 11.6 Å². The maximum Gasteiger partial charge on any atom is 0.338 e. The molecule has 0 aromatic heterocycles. The van der Waals surface area contributed by atoms with Crippen molar-refractivity contribution in [3.8, 4) is 11.5 Å². The van der Waals surface area contributed by atoms with Crippen molar-refractivity contribution in [2.45, 2.75) is 0 Å². The molecule has 0 aliphatic rings. The van der Waals surface area contributed by atoms with E-state index in [1.165, 1.54) is 61.7 Å². The number of hydrogen-bond acceptors (Lipinski definition) is 10. The molecule has 1 N–H and O–H groups in total. The highest BCUT2D eigenvalue weighted by molar-refractivity contribution is 6.06. The minimum absolute atomic E-state index is 0.0148. The summed E-state index contributed by atoms with van der Waals surface area (Å²) in [6, 6.07) is 13.0. The summed E-state index contributed by atoms with van der Waals surface area (Å²) in [5.41, 5.74) is -0.369. The molecule has 0 heterocycles. The normalized spacial score (nSPS) is 10.1. The van der Waals surface area contributed by atoms with Gasteiger partial charge in [0.2, 0.25) is 0 Å². The average molecular weight is 508 g/mol. The van der Waals surface area contributed by atoms with Crippen LogP contribution in [-0.2, 0) is 14.2 Å². The lowest BCUT2D eigenvalue weighted by Crippen LogP contribution is -2.14. The number of anilines is 1. The fourth-order valence-electron chi connectivity index (χ4n) is 3.20. The van der Waals surface area contributed by atoms with Crippen LogP contribution in [0.4, 0.5) is 11.4 Å². The van der Waals surface area contributed by atoms with Gasteiger partial charge in [0.15, 0.2) is 5.75 Å². The molecular formula is C25H20N2O10. The topological polar surface area (TPSA) is 160 Å². The Morgan fingerprint density at radius 1 is 0.757 bits per heavy atom. The van der Waals surface area contributed by atoms with E-state index < -0.39 is 28.7 Å². The highest BCUT2D eigenvalue weighted by Crippen LogP contribution is 2.33. The van der Waals surface area contributed by atoms with Crippen LogP contribution in [0.5, 0.6) is 11.5 Å². The van der Waals surface area contributed by atoms with Gasteiger partial charge in [-0.15, -0.1) is 0 Å². The van der Waals surface area contributed by atoms with Crippen LogP contribution in [0.15, 0.2) is 60.7 Å². The smallest absolute Gasteiger partial charge is 0.338 e. The SMILES string of the molecule is COC(=O)c1ccc(Oc2ccc(C(=O)OC)c(C(=O)OC)c2)c(NC(=O)c2cccc([N+](=O)[O-])c2)c1. The van der Waals surface area contributed by atoms with E-state index in [0.29, 0.717) is 0 Å². The lowest BCUT2D eigenvalue weighted by Gasteiger charge is -2.15. The van der Waals surface area contributed by atoms with Crippen LogP contribution < -0.4 is 10.1 Å². The third kappa shape index (κ3) is 6.06. The van der Waals surface area contributed by atoms with Crippen LogP contribution in [0.1, 0.15) is 41.4 Å². The third-order valence-electron chi connectivity index (χ3n) is 5.00. The first-order valence-electron chi connectivity index (χ1n) is 10.4. The molecule has 0 radical (unpaired) electrons. The van der Waals surface area contributed by atoms with Gasteiger partial charge in [-0.05, 0) is 42.5 Å². The fourth-order valence-corrected chi connectivity index (χ4v) is 3.20. The highest BCUT2D eigenvalue weighted by Gasteiger charge is 2.21. The predicted octanol–water partition coefficient (Wildman–Crippen LogP) is 4.00. The number of carbonyl (C=O) groups is 4. The second-order valence-electron chi connectivity index (χ2n) is 7.26. The van der Waals surface area contributed by atoms with E-state index in [2.05, 4.69) is 10.1 Å². The van der Waals surface area contributed by atoms with Crippen LogP contribution >= 0.6 is 0 Å². The number of nitro benzene ring substituents is 1. The zero-order valence-electron chi connectivity index (χ0n) is 19.8. The number of nitrogens with one attached hydrogen (secondary N) is 1. The molecule has 0 saturated heterocycles. The monoisotopic (exact) mass is 508 g/mol. The second kappa shape index (κ2) is 11.4. The van der Waals surface area contributed by atoms with Crippen LogP contribution in [0.2, 0.25) is 0 Å². The van der Waals surface area contributed by atoms with Crippen molar-refractivity contribution in [2.75, 3.05) is 26.6 Å². The molecule has 1 amide bonds. The Kier molecular flexibility index (Phi) is 8.15. The summed E-state index contributed by atoms with van der Waals surface area (Å²) in [4.78, 5) is 59.6. The molecule has 0 atom stereocenters. The molecular weight excluding hydrogens is 488 g/mol. The van der Waals surface area contributed by atoms with Crippen LogP contribution in [-0.4, -0.2) is 50.1 Å². The van der Waals surface area contributed by atoms with Gasteiger partial charge in [-0.1, -0.05) is 6.07 Å². The molecule has 0 fully saturated rings. The van der Waals surface area contributed by atoms with E-state index >= 15 is 0 Å². The van der Waals surface area contributed by atoms with Gasteiger partial charge in [0.05, 0.1) is 48.6 Å². The molecule has 0 aliphatic carbocycles. The van der Waals surface area contributed by atoms with Crippen molar-refractivity contribution in [3.63, 3.8) is 0 Å². The standard InChI is InChI=1S/C25H20N2O10/c1-34-23(29)15-7-10-21(20(12-15)26-22(28)14-5-4-6-16(11-14)27(32)33)37-17-8-9-18(24(30)35-2)19(13-17)25(31)36-3/h4-13H,1-3H3,(H,26,28). The van der Waals surface area contributed by atoms with Crippen molar-refractivity contribution in [3.05, 3.63) is 93.0 Å². The van der Waals surface area contributed by atoms with Crippen molar-refractivity contribution in [1.82, 2.24) is 0 Å². The summed E-state index contributed by atoms with van der Waals surface area (Å²) in [7, 11) is 3.49. The van der Waals surface area contributed by atoms with Crippen molar-refractivity contribution in [1.29, 1.82) is 0 Å². The number of esters is 3. The number of nitrogens with zero attached hydrogens (tertiary/aromatic N) is 1. The predicted molar refractivity (Wildman–Crippen MR) is 128 cm³/mol. The summed E-state index contributed by atoms with van der Waals surface area (Å²) in [5.74, 6) is -2.84. The number of non-ortho nitro benzene ring substituents is 1. The zero-order valence-corrected chi connectivity index (χ0v) is 19.8. The Hall–Kier alpha value is -5.26. The highest BCUT2D eigenvalue weighted by atomic mass is 16.6. The summed E-state index contributed by atoms with van der Waals surface area (Å²) in [5, 5.41) is 13.6. The summed E-state index contributed by atoms with van der Waals surface area (Å²) >= 11 is 0. The molecule has 12 nitrogen and oxygen atoms in total. The average Bonchev–Trinajstić information content (AvgIpc) is 2.92. The number of rotatable bonds is 8. The Labute approximate surface area is 209 Å². The lowest BCUT2D eigenvalue weighted by molar-refractivity contribution is -0.384. The minimum Gasteiger partial charge on any atom is -0.465 e. The van der Waals surface area contributed by atoms with E-state index in [9.17, 15) is 29.3 Å². The molecule has 3 rings (SSSR count). The minimum atomic E-state index is -0.814. The quantitative estimate of drug-likeness (QED) is 0.204. The molecule has 190 valence electrons. The third-order valence-corrected chi connectivity index (χ3v) is 5.00. The van der Waals surface area contributed by atoms with E-state index in [1.54, 1.807) is 0 Å². The van der Waals surface area contributed by atoms with Gasteiger partial charge < -0.3 is 24.3 Å². The van der Waals surface area contributed by atoms with Crippen LogP contribution in [0, 0.1) is 10.1 Å². The zero-order chi connectivity index (χ0) is 27.1. The summed E-state index contributed by atoms with van der Waals surface area (Å²) in [6.45, 7) is 0. The number of nitro groups is 1. The lowest BCUT2D eigenvalue weighted by atomic mass is 10.1. The van der Waals surface area contributed by atoms with Gasteiger partial charge in [-0.25, -0.2) is 14.4 Å². The first kappa shape index (κ1) is 26.3. The Morgan fingerprint density at radius 3 is 2.08 bits per heavy atom. The van der Waals surface area contributed by atoms with Gasteiger partial charge in [0.1, 0.15) is 5.75 Å². The molecule has 3 aromatic carbocycles. The first-order valence-corrected chi connectivity index (χ1v) is 10.4. The van der Waals surface area contributed by atoms with Crippen LogP contribution in [0.3, 0.4) is 0 Å². The van der Waals surface area contributed by atoms with E-state index in [4.69, 9.17) is 14.2 Å². The number of methoxy groups -OCH3 is 3. The number of carbonyl (C=O) groups excluding carboxylic acids is 4. The maximum absolute atomic E-state index is 12.9. The molecule has 0 bridgehead atoms. The Balaban J connectivity index is 2.01. The Morgan fingerprint density at radius 2 is 1.43 bits per heavy atom. The number of benzene rings is 3. The molecule has 0 spiro atoms. The number of amides is 1. The summed E-state index contributed by atoms with van der Waals surface area (Å²) < 4.78 is 20.0. The maximum atomic E-state index is 12.9. The van der Waals surface area contributed by atoms with Gasteiger partial charge in [0, 0.05) is 17.7 Å². The van der Waals surface area contributed by atoms with Crippen molar-refractivity contribution < 1.29 is 43.0 Å². The van der Waals surface area contributed by atoms with Gasteiger partial charge >= 0.3 is 17.9 Å². The summed E-state index contributed by atoms with van der Waals surface area (Å²) in [6.07, 6.45) is 0. The van der Waals surface area contributed by atoms with E-state index in [0.717, 1.165) is 20.3 Å². The first-order chi connectivity index (χ1) is 17.7. The second-order valence-corrected chi connectivity index (χ2v) is 7.26. The van der Waals surface area contributed by atoms with E-state index in [-0.39, 0.29) is 45.1 Å². The molecule has 0 aliphatic heterocycles. The van der Waals surface area contributed by atoms with Crippen LogP contribution in [0.25, 0.3) is 0 Å². The van der Waals surface area contributed by atoms with E-state index in [1.807, 2.05) is 0 Å². The van der Waals surface area contributed by atoms with Gasteiger partial charge in [-0.3, -0.25) is 14.9 Å². The number of ether oxygens (including phenoxy) is 4. The molecule has 37 heavy (non-hydrogen) atoms. The molecule has 0 unspecified atom stereocenters. The molecule has 12 heteroatoms.